The lowest BCUT2D eigenvalue weighted by molar-refractivity contribution is -0.00345. The highest BCUT2D eigenvalue weighted by Gasteiger charge is 2.52. The van der Waals surface area contributed by atoms with Gasteiger partial charge in [-0.05, 0) is 40.5 Å². The Hall–Kier alpha value is -0.243. The smallest absolute Gasteiger partial charge is 0.375 e. The molecule has 0 amide bonds. The molecule has 0 aromatic carbocycles. The van der Waals surface area contributed by atoms with E-state index >= 15 is 0 Å². The summed E-state index contributed by atoms with van der Waals surface area (Å²) in [4.78, 5) is 0. The van der Waals surface area contributed by atoms with E-state index in [-0.39, 0.29) is 17.7 Å². The normalized spacial score (nSPS) is 20.8. The van der Waals surface area contributed by atoms with Crippen LogP contribution in [-0.4, -0.2) is 54.0 Å². The van der Waals surface area contributed by atoms with E-state index in [1.807, 2.05) is 27.7 Å². The number of allylic oxidation sites excluding steroid dienone is 2. The van der Waals surface area contributed by atoms with Crippen LogP contribution in [0.2, 0.25) is 5.54 Å². The molecule has 6 heteroatoms. The predicted octanol–water partition coefficient (Wildman–Crippen LogP) is 3.57. The third-order valence-corrected chi connectivity index (χ3v) is 7.45. The molecular formula is C17H34O5Si. The van der Waals surface area contributed by atoms with Crippen LogP contribution in [-0.2, 0) is 22.8 Å². The molecule has 1 rings (SSSR count). The summed E-state index contributed by atoms with van der Waals surface area (Å²) in [5, 5.41) is 0. The maximum Gasteiger partial charge on any atom is 0.507 e. The van der Waals surface area contributed by atoms with Gasteiger partial charge in [-0.15, -0.1) is 0 Å². The zero-order valence-electron chi connectivity index (χ0n) is 15.4. The van der Waals surface area contributed by atoms with Gasteiger partial charge in [-0.3, -0.25) is 0 Å². The Labute approximate surface area is 142 Å². The molecule has 1 aliphatic heterocycles. The first-order valence-corrected chi connectivity index (χ1v) is 10.7. The first-order valence-electron chi connectivity index (χ1n) is 8.93. The molecule has 0 spiro atoms. The Bertz CT molecular complexity index is 316. The second kappa shape index (κ2) is 11.3. The van der Waals surface area contributed by atoms with Crippen molar-refractivity contribution in [3.05, 3.63) is 12.2 Å². The third-order valence-electron chi connectivity index (χ3n) is 3.87. The second-order valence-electron chi connectivity index (χ2n) is 5.55. The van der Waals surface area contributed by atoms with Crippen molar-refractivity contribution in [2.24, 2.45) is 0 Å². The van der Waals surface area contributed by atoms with E-state index in [2.05, 4.69) is 19.1 Å². The van der Waals surface area contributed by atoms with Crippen LogP contribution in [0.15, 0.2) is 12.2 Å². The van der Waals surface area contributed by atoms with E-state index in [1.54, 1.807) is 0 Å². The van der Waals surface area contributed by atoms with E-state index in [9.17, 15) is 0 Å². The summed E-state index contributed by atoms with van der Waals surface area (Å²) in [5.74, 6) is 0. The molecule has 5 nitrogen and oxygen atoms in total. The lowest BCUT2D eigenvalue weighted by atomic mass is 10.1. The average molecular weight is 347 g/mol. The molecule has 0 saturated carbocycles. The summed E-state index contributed by atoms with van der Waals surface area (Å²) < 4.78 is 29.8. The standard InChI is InChI=1S/C17H34O5Si/c1-6-11-12-17(16(7-2)19-14-15-13-18-15)23(20-8-3,21-9-4)22-10-5/h6,11,15-17H,7-10,12-14H2,1-5H3. The quantitative estimate of drug-likeness (QED) is 0.273. The van der Waals surface area contributed by atoms with E-state index in [0.717, 1.165) is 19.4 Å². The fourth-order valence-electron chi connectivity index (χ4n) is 2.77. The van der Waals surface area contributed by atoms with Crippen LogP contribution in [0.4, 0.5) is 0 Å². The first-order chi connectivity index (χ1) is 11.2. The summed E-state index contributed by atoms with van der Waals surface area (Å²) >= 11 is 0. The Balaban J connectivity index is 2.97. The van der Waals surface area contributed by atoms with Crippen LogP contribution in [0.5, 0.6) is 0 Å². The van der Waals surface area contributed by atoms with Crippen LogP contribution < -0.4 is 0 Å². The molecule has 3 atom stereocenters. The van der Waals surface area contributed by atoms with Gasteiger partial charge in [0.25, 0.3) is 0 Å². The molecule has 0 aromatic heterocycles. The third kappa shape index (κ3) is 6.64. The van der Waals surface area contributed by atoms with Gasteiger partial charge in [-0.1, -0.05) is 19.1 Å². The molecule has 0 bridgehead atoms. The first kappa shape index (κ1) is 20.8. The van der Waals surface area contributed by atoms with Crippen LogP contribution >= 0.6 is 0 Å². The highest BCUT2D eigenvalue weighted by Crippen LogP contribution is 2.36. The van der Waals surface area contributed by atoms with Gasteiger partial charge in [0.2, 0.25) is 0 Å². The van der Waals surface area contributed by atoms with Gasteiger partial charge in [0.15, 0.2) is 0 Å². The highest BCUT2D eigenvalue weighted by atomic mass is 28.4. The van der Waals surface area contributed by atoms with Crippen LogP contribution in [0.25, 0.3) is 0 Å². The molecule has 0 aromatic rings. The summed E-state index contributed by atoms with van der Waals surface area (Å²) in [5.41, 5.74) is 0.0994. The number of epoxide rings is 1. The Morgan fingerprint density at radius 1 is 1.09 bits per heavy atom. The predicted molar refractivity (Wildman–Crippen MR) is 93.6 cm³/mol. The highest BCUT2D eigenvalue weighted by molar-refractivity contribution is 6.62. The van der Waals surface area contributed by atoms with Crippen molar-refractivity contribution in [1.82, 2.24) is 0 Å². The van der Waals surface area contributed by atoms with Crippen molar-refractivity contribution < 1.29 is 22.8 Å². The van der Waals surface area contributed by atoms with Gasteiger partial charge < -0.3 is 22.8 Å². The summed E-state index contributed by atoms with van der Waals surface area (Å²) in [7, 11) is -2.81. The maximum atomic E-state index is 6.16. The molecule has 3 unspecified atom stereocenters. The Morgan fingerprint density at radius 3 is 2.04 bits per heavy atom. The Morgan fingerprint density at radius 2 is 1.65 bits per heavy atom. The monoisotopic (exact) mass is 346 g/mol. The topological polar surface area (TPSA) is 49.5 Å². The fraction of sp³-hybridized carbons (Fsp3) is 0.882. The van der Waals surface area contributed by atoms with Gasteiger partial charge in [0.05, 0.1) is 24.9 Å². The number of ether oxygens (including phenoxy) is 2. The van der Waals surface area contributed by atoms with Crippen molar-refractivity contribution >= 4 is 8.80 Å². The molecule has 1 heterocycles. The SMILES string of the molecule is CC=CCC(C(CC)OCC1CO1)[Si](OCC)(OCC)OCC. The molecule has 136 valence electrons. The van der Waals surface area contributed by atoms with Gasteiger partial charge in [-0.25, -0.2) is 0 Å². The molecule has 0 radical (unpaired) electrons. The van der Waals surface area contributed by atoms with E-state index in [0.29, 0.717) is 26.4 Å². The van der Waals surface area contributed by atoms with Gasteiger partial charge in [0, 0.05) is 19.8 Å². The Kier molecular flexibility index (Phi) is 10.3. The molecular weight excluding hydrogens is 312 g/mol. The lowest BCUT2D eigenvalue weighted by Gasteiger charge is -2.38. The number of hydrogen-bond donors (Lipinski definition) is 0. The molecule has 0 aliphatic carbocycles. The van der Waals surface area contributed by atoms with Crippen molar-refractivity contribution in [3.8, 4) is 0 Å². The van der Waals surface area contributed by atoms with Gasteiger partial charge in [-0.2, -0.15) is 0 Å². The zero-order valence-corrected chi connectivity index (χ0v) is 16.4. The largest absolute Gasteiger partial charge is 0.507 e. The minimum atomic E-state index is -2.81. The van der Waals surface area contributed by atoms with E-state index < -0.39 is 8.80 Å². The van der Waals surface area contributed by atoms with Crippen LogP contribution in [0.3, 0.4) is 0 Å². The van der Waals surface area contributed by atoms with Crippen molar-refractivity contribution in [1.29, 1.82) is 0 Å². The molecule has 1 saturated heterocycles. The molecule has 23 heavy (non-hydrogen) atoms. The minimum absolute atomic E-state index is 0.0479. The van der Waals surface area contributed by atoms with Crippen molar-refractivity contribution in [3.63, 3.8) is 0 Å². The van der Waals surface area contributed by atoms with E-state index in [4.69, 9.17) is 22.8 Å². The van der Waals surface area contributed by atoms with Gasteiger partial charge >= 0.3 is 8.80 Å². The molecule has 1 aliphatic rings. The zero-order chi connectivity index (χ0) is 17.1. The summed E-state index contributed by atoms with van der Waals surface area (Å²) in [6.45, 7) is 13.3. The number of rotatable bonds is 14. The number of hydrogen-bond acceptors (Lipinski definition) is 5. The molecule has 1 fully saturated rings. The van der Waals surface area contributed by atoms with Gasteiger partial charge in [0.1, 0.15) is 6.10 Å². The second-order valence-corrected chi connectivity index (χ2v) is 8.36. The van der Waals surface area contributed by atoms with Crippen molar-refractivity contribution in [2.45, 2.75) is 65.2 Å². The van der Waals surface area contributed by atoms with Crippen molar-refractivity contribution in [2.75, 3.05) is 33.0 Å². The lowest BCUT2D eigenvalue weighted by Crippen LogP contribution is -2.54. The fourth-order valence-corrected chi connectivity index (χ4v) is 6.08. The maximum absolute atomic E-state index is 6.16. The summed E-state index contributed by atoms with van der Waals surface area (Å²) in [6.07, 6.45) is 6.26. The average Bonchev–Trinajstić information content (AvgIpc) is 3.35. The van der Waals surface area contributed by atoms with Crippen LogP contribution in [0, 0.1) is 0 Å². The summed E-state index contributed by atoms with van der Waals surface area (Å²) in [6, 6.07) is 0. The molecule has 0 N–H and O–H groups in total. The van der Waals surface area contributed by atoms with E-state index in [1.165, 1.54) is 0 Å². The van der Waals surface area contributed by atoms with Crippen LogP contribution in [0.1, 0.15) is 47.5 Å². The minimum Gasteiger partial charge on any atom is -0.375 e.